The molecule has 0 bridgehead atoms. The minimum absolute atomic E-state index is 0. The predicted octanol–water partition coefficient (Wildman–Crippen LogP) is -1.75. The summed E-state index contributed by atoms with van der Waals surface area (Å²) in [5.41, 5.74) is 7.41. The number of hydrogen-bond acceptors (Lipinski definition) is 1. The molecule has 3 nitrogen and oxygen atoms in total. The molecule has 0 aliphatic rings. The van der Waals surface area contributed by atoms with Gasteiger partial charge in [0.2, 0.25) is 0 Å². The third-order valence-electron chi connectivity index (χ3n) is 0.118. The van der Waals surface area contributed by atoms with Crippen LogP contribution >= 0.6 is 0 Å². The SMILES string of the molecule is [CH-]=CN=[N+]=[N-].[Li+]. The third kappa shape index (κ3) is 9.42. The molecule has 0 saturated heterocycles. The summed E-state index contributed by atoms with van der Waals surface area (Å²) in [7, 11) is 0. The predicted molar refractivity (Wildman–Crippen MR) is 18.0 cm³/mol. The number of azide groups is 1. The van der Waals surface area contributed by atoms with Gasteiger partial charge in [-0.3, -0.25) is 0 Å². The van der Waals surface area contributed by atoms with Crippen LogP contribution in [0.25, 0.3) is 10.4 Å². The van der Waals surface area contributed by atoms with E-state index in [1.165, 1.54) is 0 Å². The average molecular weight is 75.0 g/mol. The van der Waals surface area contributed by atoms with E-state index in [2.05, 4.69) is 16.6 Å². The summed E-state index contributed by atoms with van der Waals surface area (Å²) in [6, 6.07) is 0. The smallest absolute Gasteiger partial charge is 0.512 e. The van der Waals surface area contributed by atoms with E-state index in [-0.39, 0.29) is 18.9 Å². The van der Waals surface area contributed by atoms with Crippen molar-refractivity contribution in [3.63, 3.8) is 0 Å². The van der Waals surface area contributed by atoms with Crippen molar-refractivity contribution in [3.8, 4) is 0 Å². The Kier molecular flexibility index (Phi) is 13.5. The van der Waals surface area contributed by atoms with Crippen molar-refractivity contribution in [2.75, 3.05) is 0 Å². The van der Waals surface area contributed by atoms with Gasteiger partial charge >= 0.3 is 18.9 Å². The summed E-state index contributed by atoms with van der Waals surface area (Å²) >= 11 is 0. The first-order chi connectivity index (χ1) is 2.41. The summed E-state index contributed by atoms with van der Waals surface area (Å²) in [5.74, 6) is 0. The first-order valence-corrected chi connectivity index (χ1v) is 0.992. The fraction of sp³-hybridized carbons (Fsp3) is 0. The van der Waals surface area contributed by atoms with Crippen LogP contribution in [0.4, 0.5) is 0 Å². The summed E-state index contributed by atoms with van der Waals surface area (Å²) in [6.07, 6.45) is 0.889. The second kappa shape index (κ2) is 8.82. The molecule has 0 N–H and O–H groups in total. The van der Waals surface area contributed by atoms with E-state index in [4.69, 9.17) is 5.53 Å². The second-order valence-electron chi connectivity index (χ2n) is 0.354. The van der Waals surface area contributed by atoms with E-state index in [1.54, 1.807) is 0 Å². The Labute approximate surface area is 47.8 Å². The Hall–Kier alpha value is -0.353. The van der Waals surface area contributed by atoms with Gasteiger partial charge in [0.25, 0.3) is 0 Å². The Balaban J connectivity index is 0. The van der Waals surface area contributed by atoms with Crippen molar-refractivity contribution in [1.82, 2.24) is 0 Å². The van der Waals surface area contributed by atoms with Gasteiger partial charge in [-0.1, -0.05) is 0 Å². The molecule has 0 rings (SSSR count). The fourth-order valence-corrected chi connectivity index (χ4v) is 0.0298. The maximum atomic E-state index is 7.41. The van der Waals surface area contributed by atoms with E-state index in [0.717, 1.165) is 6.20 Å². The second-order valence-corrected chi connectivity index (χ2v) is 0.354. The van der Waals surface area contributed by atoms with Gasteiger partial charge in [-0.2, -0.15) is 6.20 Å². The molecule has 0 aromatic rings. The first kappa shape index (κ1) is 9.17. The van der Waals surface area contributed by atoms with Crippen LogP contribution in [0.2, 0.25) is 0 Å². The van der Waals surface area contributed by atoms with E-state index >= 15 is 0 Å². The Morgan fingerprint density at radius 1 is 1.83 bits per heavy atom. The van der Waals surface area contributed by atoms with E-state index in [0.29, 0.717) is 0 Å². The van der Waals surface area contributed by atoms with E-state index < -0.39 is 0 Å². The molecule has 0 heterocycles. The normalized spacial score (nSPS) is 4.00. The molecule has 6 heavy (non-hydrogen) atoms. The number of hydrogen-bond donors (Lipinski definition) is 0. The molecule has 0 aliphatic carbocycles. The Morgan fingerprint density at radius 3 is 2.33 bits per heavy atom. The molecule has 0 fully saturated rings. The minimum Gasteiger partial charge on any atom is -0.512 e. The van der Waals surface area contributed by atoms with Gasteiger partial charge in [0.1, 0.15) is 0 Å². The fourth-order valence-electron chi connectivity index (χ4n) is 0.0298. The molecule has 26 valence electrons. The quantitative estimate of drug-likeness (QED) is 0.117. The van der Waals surface area contributed by atoms with Crippen molar-refractivity contribution in [3.05, 3.63) is 23.2 Å². The van der Waals surface area contributed by atoms with Gasteiger partial charge in [0.15, 0.2) is 0 Å². The van der Waals surface area contributed by atoms with Crippen LogP contribution in [0.1, 0.15) is 0 Å². The first-order valence-electron chi connectivity index (χ1n) is 0.992. The molecule has 0 aromatic carbocycles. The molecule has 4 heteroatoms. The third-order valence-corrected chi connectivity index (χ3v) is 0.118. The molecule has 0 aliphatic heterocycles. The molecule has 0 aromatic heterocycles. The van der Waals surface area contributed by atoms with Gasteiger partial charge in [-0.25, -0.2) is 0 Å². The monoisotopic (exact) mass is 75.0 g/mol. The number of nitrogens with zero attached hydrogens (tertiary/aromatic N) is 3. The topological polar surface area (TPSA) is 48.8 Å². The van der Waals surface area contributed by atoms with Crippen LogP contribution in [0.15, 0.2) is 11.3 Å². The summed E-state index contributed by atoms with van der Waals surface area (Å²) in [5, 5.41) is 2.81. The van der Waals surface area contributed by atoms with Crippen molar-refractivity contribution in [2.24, 2.45) is 5.11 Å². The zero-order chi connectivity index (χ0) is 4.12. The average Bonchev–Trinajstić information content (AvgIpc) is 1.41. The zero-order valence-corrected chi connectivity index (χ0v) is 3.50. The van der Waals surface area contributed by atoms with Crippen molar-refractivity contribution >= 4 is 0 Å². The molecule has 0 unspecified atom stereocenters. The summed E-state index contributed by atoms with van der Waals surface area (Å²) in [4.78, 5) is 2.30. The maximum Gasteiger partial charge on any atom is 1.00 e. The minimum atomic E-state index is 0. The summed E-state index contributed by atoms with van der Waals surface area (Å²) < 4.78 is 0. The largest absolute Gasteiger partial charge is 1.00 e. The van der Waals surface area contributed by atoms with Crippen LogP contribution in [0.3, 0.4) is 0 Å². The van der Waals surface area contributed by atoms with E-state index in [9.17, 15) is 0 Å². The molecule has 0 radical (unpaired) electrons. The molecule has 0 saturated carbocycles. The maximum absolute atomic E-state index is 7.41. The van der Waals surface area contributed by atoms with Gasteiger partial charge in [-0.05, 0) is 5.53 Å². The van der Waals surface area contributed by atoms with Gasteiger partial charge in [0, 0.05) is 4.91 Å². The standard InChI is InChI=1S/C2H2N3.Li/c1-2-4-5-3;/h1-2H;/q-1;+1. The molecule has 0 spiro atoms. The van der Waals surface area contributed by atoms with Crippen molar-refractivity contribution in [2.45, 2.75) is 0 Å². The van der Waals surface area contributed by atoms with Gasteiger partial charge in [0.05, 0.1) is 0 Å². The van der Waals surface area contributed by atoms with E-state index in [1.807, 2.05) is 0 Å². The molecule has 0 atom stereocenters. The van der Waals surface area contributed by atoms with Gasteiger partial charge in [-0.15, -0.1) is 5.11 Å². The van der Waals surface area contributed by atoms with Crippen LogP contribution in [-0.2, 0) is 0 Å². The van der Waals surface area contributed by atoms with Crippen LogP contribution in [0, 0.1) is 6.58 Å². The van der Waals surface area contributed by atoms with Crippen LogP contribution in [-0.4, -0.2) is 0 Å². The summed E-state index contributed by atoms with van der Waals surface area (Å²) in [6.45, 7) is 4.59. The Morgan fingerprint density at radius 2 is 2.33 bits per heavy atom. The Bertz CT molecular complexity index is 72.9. The van der Waals surface area contributed by atoms with Gasteiger partial charge < -0.3 is 6.58 Å². The van der Waals surface area contributed by atoms with Crippen molar-refractivity contribution in [1.29, 1.82) is 0 Å². The zero-order valence-electron chi connectivity index (χ0n) is 3.50. The molecule has 0 amide bonds. The van der Waals surface area contributed by atoms with Crippen molar-refractivity contribution < 1.29 is 18.9 Å². The molecular formula is C2H2LiN3. The molecular weight excluding hydrogens is 73.0 g/mol. The number of rotatable bonds is 1. The van der Waals surface area contributed by atoms with Crippen LogP contribution in [0.5, 0.6) is 0 Å². The van der Waals surface area contributed by atoms with Crippen LogP contribution < -0.4 is 18.9 Å².